The van der Waals surface area contributed by atoms with Crippen molar-refractivity contribution < 1.29 is 5.11 Å². The van der Waals surface area contributed by atoms with Gasteiger partial charge in [-0.3, -0.25) is 9.69 Å². The highest BCUT2D eigenvalue weighted by Crippen LogP contribution is 2.09. The van der Waals surface area contributed by atoms with Crippen molar-refractivity contribution in [2.75, 3.05) is 13.2 Å². The Bertz CT molecular complexity index is 637. The molecule has 114 valence electrons. The average Bonchev–Trinajstić information content (AvgIpc) is 2.51. The Morgan fingerprint density at radius 3 is 2.67 bits per heavy atom. The summed E-state index contributed by atoms with van der Waals surface area (Å²) >= 11 is 0. The summed E-state index contributed by atoms with van der Waals surface area (Å²) in [5.41, 5.74) is 0.462. The van der Waals surface area contributed by atoms with Gasteiger partial charge in [0.15, 0.2) is 0 Å². The van der Waals surface area contributed by atoms with Crippen molar-refractivity contribution in [1.82, 2.24) is 19.9 Å². The molecule has 0 aliphatic heterocycles. The van der Waals surface area contributed by atoms with Crippen molar-refractivity contribution in [3.05, 3.63) is 34.6 Å². The normalized spacial score (nSPS) is 11.7. The van der Waals surface area contributed by atoms with Crippen LogP contribution in [0.25, 0.3) is 10.9 Å². The van der Waals surface area contributed by atoms with Gasteiger partial charge in [0, 0.05) is 12.6 Å². The van der Waals surface area contributed by atoms with E-state index in [0.29, 0.717) is 30.2 Å². The van der Waals surface area contributed by atoms with Gasteiger partial charge in [-0.25, -0.2) is 0 Å². The van der Waals surface area contributed by atoms with Gasteiger partial charge in [0.05, 0.1) is 18.7 Å². The van der Waals surface area contributed by atoms with E-state index in [4.69, 9.17) is 0 Å². The van der Waals surface area contributed by atoms with Crippen LogP contribution in [0.4, 0.5) is 0 Å². The number of aliphatic hydroxyl groups excluding tert-OH is 1. The van der Waals surface area contributed by atoms with E-state index in [-0.39, 0.29) is 12.2 Å². The molecule has 0 aliphatic rings. The summed E-state index contributed by atoms with van der Waals surface area (Å²) < 4.78 is 1.37. The molecule has 1 aromatic carbocycles. The number of aliphatic hydroxyl groups is 1. The third kappa shape index (κ3) is 3.46. The zero-order valence-electron chi connectivity index (χ0n) is 12.6. The van der Waals surface area contributed by atoms with Crippen molar-refractivity contribution >= 4 is 10.9 Å². The minimum atomic E-state index is -0.144. The molecule has 1 aromatic heterocycles. The molecule has 6 nitrogen and oxygen atoms in total. The second-order valence-electron chi connectivity index (χ2n) is 5.06. The van der Waals surface area contributed by atoms with E-state index in [2.05, 4.69) is 29.1 Å². The van der Waals surface area contributed by atoms with Crippen LogP contribution in [0.2, 0.25) is 0 Å². The second kappa shape index (κ2) is 7.28. The molecule has 0 radical (unpaired) electrons. The zero-order chi connectivity index (χ0) is 15.2. The van der Waals surface area contributed by atoms with Crippen molar-refractivity contribution in [2.45, 2.75) is 39.4 Å². The molecule has 0 amide bonds. The highest BCUT2D eigenvalue weighted by atomic mass is 16.3. The topological polar surface area (TPSA) is 71.2 Å². The van der Waals surface area contributed by atoms with E-state index in [1.807, 2.05) is 12.1 Å². The van der Waals surface area contributed by atoms with Crippen LogP contribution in [0.15, 0.2) is 29.1 Å². The van der Waals surface area contributed by atoms with Crippen LogP contribution in [-0.4, -0.2) is 44.2 Å². The summed E-state index contributed by atoms with van der Waals surface area (Å²) in [6.45, 7) is 5.14. The Kier molecular flexibility index (Phi) is 5.41. The smallest absolute Gasteiger partial charge is 0.278 e. The number of rotatable bonds is 7. The van der Waals surface area contributed by atoms with Gasteiger partial charge in [0.1, 0.15) is 5.52 Å². The van der Waals surface area contributed by atoms with E-state index in [9.17, 15) is 9.90 Å². The molecule has 0 aliphatic carbocycles. The fourth-order valence-corrected chi connectivity index (χ4v) is 2.59. The van der Waals surface area contributed by atoms with Gasteiger partial charge in [-0.05, 0) is 25.0 Å². The van der Waals surface area contributed by atoms with Gasteiger partial charge in [0.2, 0.25) is 0 Å². The first-order valence-electron chi connectivity index (χ1n) is 7.38. The maximum atomic E-state index is 12.4. The van der Waals surface area contributed by atoms with E-state index >= 15 is 0 Å². The van der Waals surface area contributed by atoms with Gasteiger partial charge in [0.25, 0.3) is 5.56 Å². The van der Waals surface area contributed by atoms with Gasteiger partial charge < -0.3 is 5.11 Å². The Morgan fingerprint density at radius 1 is 1.29 bits per heavy atom. The Balaban J connectivity index is 2.32. The lowest BCUT2D eigenvalue weighted by Gasteiger charge is -2.29. The van der Waals surface area contributed by atoms with Crippen molar-refractivity contribution in [1.29, 1.82) is 0 Å². The van der Waals surface area contributed by atoms with Crippen molar-refractivity contribution in [3.63, 3.8) is 0 Å². The summed E-state index contributed by atoms with van der Waals surface area (Å²) in [5.74, 6) is 0. The Morgan fingerprint density at radius 2 is 2.00 bits per heavy atom. The van der Waals surface area contributed by atoms with Gasteiger partial charge in [-0.15, -0.1) is 5.10 Å². The van der Waals surface area contributed by atoms with E-state index in [0.717, 1.165) is 12.8 Å². The number of nitrogens with zero attached hydrogens (tertiary/aromatic N) is 4. The summed E-state index contributed by atoms with van der Waals surface area (Å²) in [6, 6.07) is 7.51. The lowest BCUT2D eigenvalue weighted by molar-refractivity contribution is 0.102. The van der Waals surface area contributed by atoms with Crippen LogP contribution < -0.4 is 5.56 Å². The Hall–Kier alpha value is -1.79. The number of hydrogen-bond donors (Lipinski definition) is 1. The SMILES string of the molecule is CCC(CC)N(CCO)Cn1nnc2ccccc2c1=O. The first kappa shape index (κ1) is 15.6. The molecule has 0 atom stereocenters. The first-order valence-corrected chi connectivity index (χ1v) is 7.38. The van der Waals surface area contributed by atoms with E-state index in [1.54, 1.807) is 12.1 Å². The average molecular weight is 290 g/mol. The summed E-state index contributed by atoms with van der Waals surface area (Å²) in [7, 11) is 0. The van der Waals surface area contributed by atoms with Crippen LogP contribution in [-0.2, 0) is 6.67 Å². The molecule has 0 saturated carbocycles. The molecule has 6 heteroatoms. The quantitative estimate of drug-likeness (QED) is 0.830. The highest BCUT2D eigenvalue weighted by molar-refractivity contribution is 5.76. The highest BCUT2D eigenvalue weighted by Gasteiger charge is 2.16. The zero-order valence-corrected chi connectivity index (χ0v) is 12.6. The molecule has 0 bridgehead atoms. The molecule has 0 spiro atoms. The number of benzene rings is 1. The van der Waals surface area contributed by atoms with Crippen LogP contribution >= 0.6 is 0 Å². The number of hydrogen-bond acceptors (Lipinski definition) is 5. The van der Waals surface area contributed by atoms with Crippen LogP contribution in [0.1, 0.15) is 26.7 Å². The maximum absolute atomic E-state index is 12.4. The molecule has 0 unspecified atom stereocenters. The summed E-state index contributed by atoms with van der Waals surface area (Å²) in [5, 5.41) is 17.9. The molecular weight excluding hydrogens is 268 g/mol. The lowest BCUT2D eigenvalue weighted by atomic mass is 10.1. The van der Waals surface area contributed by atoms with Gasteiger partial charge in [-0.1, -0.05) is 31.2 Å². The third-order valence-electron chi connectivity index (χ3n) is 3.79. The minimum Gasteiger partial charge on any atom is -0.395 e. The fraction of sp³-hybridized carbons (Fsp3) is 0.533. The first-order chi connectivity index (χ1) is 10.2. The van der Waals surface area contributed by atoms with E-state index < -0.39 is 0 Å². The van der Waals surface area contributed by atoms with Crippen LogP contribution in [0.3, 0.4) is 0 Å². The van der Waals surface area contributed by atoms with Gasteiger partial charge in [-0.2, -0.15) is 4.68 Å². The standard InChI is InChI=1S/C15H22N4O2/c1-3-12(4-2)18(9-10-20)11-19-15(21)13-7-5-6-8-14(13)16-17-19/h5-8,12,20H,3-4,9-11H2,1-2H3. The molecule has 21 heavy (non-hydrogen) atoms. The number of fused-ring (bicyclic) bond motifs is 1. The van der Waals surface area contributed by atoms with Crippen molar-refractivity contribution in [3.8, 4) is 0 Å². The summed E-state index contributed by atoms with van der Waals surface area (Å²) in [6.07, 6.45) is 1.93. The van der Waals surface area contributed by atoms with Crippen LogP contribution in [0, 0.1) is 0 Å². The van der Waals surface area contributed by atoms with Crippen molar-refractivity contribution in [2.24, 2.45) is 0 Å². The monoisotopic (exact) mass is 290 g/mol. The summed E-state index contributed by atoms with van der Waals surface area (Å²) in [4.78, 5) is 14.5. The van der Waals surface area contributed by atoms with E-state index in [1.165, 1.54) is 4.68 Å². The molecule has 2 aromatic rings. The Labute approximate surface area is 124 Å². The molecule has 1 N–H and O–H groups in total. The molecular formula is C15H22N4O2. The molecule has 2 rings (SSSR count). The van der Waals surface area contributed by atoms with Gasteiger partial charge >= 0.3 is 0 Å². The molecule has 0 saturated heterocycles. The predicted molar refractivity (Wildman–Crippen MR) is 82.0 cm³/mol. The number of aromatic nitrogens is 3. The predicted octanol–water partition coefficient (Wildman–Crippen LogP) is 1.23. The lowest BCUT2D eigenvalue weighted by Crippen LogP contribution is -2.41. The second-order valence-corrected chi connectivity index (χ2v) is 5.06. The fourth-order valence-electron chi connectivity index (χ4n) is 2.59. The molecule has 1 heterocycles. The molecule has 0 fully saturated rings. The minimum absolute atomic E-state index is 0.0618. The van der Waals surface area contributed by atoms with Crippen LogP contribution in [0.5, 0.6) is 0 Å². The maximum Gasteiger partial charge on any atom is 0.278 e. The largest absolute Gasteiger partial charge is 0.395 e. The third-order valence-corrected chi connectivity index (χ3v) is 3.79.